The largest absolute Gasteiger partial charge is 0.309 e. The van der Waals surface area contributed by atoms with E-state index in [4.69, 9.17) is 0 Å². The molecule has 12 aromatic carbocycles. The molecule has 69 heavy (non-hydrogen) atoms. The van der Waals surface area contributed by atoms with Crippen LogP contribution >= 0.6 is 0 Å². The van der Waals surface area contributed by atoms with Crippen molar-refractivity contribution in [2.45, 2.75) is 0 Å². The van der Waals surface area contributed by atoms with Crippen LogP contribution in [0.15, 0.2) is 273 Å². The number of nitrogens with zero attached hydrogens (tertiary/aromatic N) is 1. The lowest BCUT2D eigenvalue weighted by atomic mass is 9.83. The van der Waals surface area contributed by atoms with Crippen molar-refractivity contribution in [2.75, 3.05) is 0 Å². The van der Waals surface area contributed by atoms with Gasteiger partial charge in [-0.15, -0.1) is 0 Å². The molecule has 0 radical (unpaired) electrons. The average molecular weight is 876 g/mol. The number of fused-ring (bicyclic) bond motifs is 5. The smallest absolute Gasteiger partial charge is 0.0541 e. The molecule has 0 bridgehead atoms. The SMILES string of the molecule is c1ccc(-c2ccc3c(-c4ccc(-c5ccc(-c6ccc7c(c6)c6cc(-c8ccccc8)ccc6n7-c6ccccc6)cc5)cc4)c4cc(-c5ccccc5)ccc4c(-c4ccccc4)c3c2)cc1. The zero-order chi connectivity index (χ0) is 45.7. The van der Waals surface area contributed by atoms with Crippen molar-refractivity contribution < 1.29 is 0 Å². The summed E-state index contributed by atoms with van der Waals surface area (Å²) in [7, 11) is 0. The van der Waals surface area contributed by atoms with Crippen LogP contribution in [0.1, 0.15) is 0 Å². The van der Waals surface area contributed by atoms with E-state index in [1.54, 1.807) is 0 Å². The Morgan fingerprint density at radius 3 is 0.826 bits per heavy atom. The van der Waals surface area contributed by atoms with Crippen LogP contribution in [0.4, 0.5) is 0 Å². The number of rotatable bonds is 8. The van der Waals surface area contributed by atoms with Crippen LogP contribution in [0.3, 0.4) is 0 Å². The number of para-hydroxylation sites is 1. The van der Waals surface area contributed by atoms with Gasteiger partial charge in [-0.3, -0.25) is 0 Å². The molecule has 1 heterocycles. The van der Waals surface area contributed by atoms with E-state index in [-0.39, 0.29) is 0 Å². The van der Waals surface area contributed by atoms with Crippen molar-refractivity contribution in [2.24, 2.45) is 0 Å². The lowest BCUT2D eigenvalue weighted by Crippen LogP contribution is -1.93. The first-order chi connectivity index (χ1) is 34.2. The minimum Gasteiger partial charge on any atom is -0.309 e. The second kappa shape index (κ2) is 17.0. The molecule has 322 valence electrons. The van der Waals surface area contributed by atoms with E-state index >= 15 is 0 Å². The molecule has 0 amide bonds. The average Bonchev–Trinajstić information content (AvgIpc) is 3.76. The Bertz CT molecular complexity index is 3990. The number of aromatic nitrogens is 1. The van der Waals surface area contributed by atoms with Gasteiger partial charge < -0.3 is 4.57 Å². The molecule has 1 aromatic heterocycles. The van der Waals surface area contributed by atoms with E-state index in [1.807, 2.05) is 0 Å². The Hall–Kier alpha value is -9.04. The number of benzene rings is 12. The molecule has 0 saturated carbocycles. The Kier molecular flexibility index (Phi) is 9.91. The van der Waals surface area contributed by atoms with Crippen molar-refractivity contribution in [3.63, 3.8) is 0 Å². The molecule has 13 aromatic rings. The number of hydrogen-bond acceptors (Lipinski definition) is 0. The van der Waals surface area contributed by atoms with Gasteiger partial charge in [-0.1, -0.05) is 224 Å². The van der Waals surface area contributed by atoms with Crippen molar-refractivity contribution in [3.8, 4) is 83.6 Å². The van der Waals surface area contributed by atoms with E-state index in [9.17, 15) is 0 Å². The summed E-state index contributed by atoms with van der Waals surface area (Å²) in [6.07, 6.45) is 0. The summed E-state index contributed by atoms with van der Waals surface area (Å²) in [4.78, 5) is 0. The second-order valence-corrected chi connectivity index (χ2v) is 18.0. The van der Waals surface area contributed by atoms with Crippen LogP contribution in [0, 0.1) is 0 Å². The Morgan fingerprint density at radius 2 is 0.435 bits per heavy atom. The zero-order valence-corrected chi connectivity index (χ0v) is 37.9. The normalized spacial score (nSPS) is 11.5. The standard InChI is InChI=1S/C68H45N/c1-6-16-46(17-7-1)54-35-39-60-63(44-54)67(52-22-12-4-13-23-52)59-38-34-55(47-18-8-2-9-19-47)45-64(59)68(60)53-32-30-50(31-33-53)49-26-28-51(29-27-49)57-37-41-66-62(43-57)61-42-56(48-20-10-3-11-21-48)36-40-65(61)69(66)58-24-14-5-15-25-58/h1-45H. The minimum atomic E-state index is 1.16. The Morgan fingerprint density at radius 1 is 0.174 bits per heavy atom. The maximum absolute atomic E-state index is 2.41. The highest BCUT2D eigenvalue weighted by atomic mass is 15.0. The van der Waals surface area contributed by atoms with Gasteiger partial charge >= 0.3 is 0 Å². The van der Waals surface area contributed by atoms with Crippen LogP contribution in [0.25, 0.3) is 127 Å². The van der Waals surface area contributed by atoms with Gasteiger partial charge in [0.2, 0.25) is 0 Å². The van der Waals surface area contributed by atoms with Crippen LogP contribution < -0.4 is 0 Å². The maximum Gasteiger partial charge on any atom is 0.0541 e. The topological polar surface area (TPSA) is 4.93 Å². The quantitative estimate of drug-likeness (QED) is 0.134. The van der Waals surface area contributed by atoms with Gasteiger partial charge in [-0.25, -0.2) is 0 Å². The highest BCUT2D eigenvalue weighted by molar-refractivity contribution is 6.22. The Balaban J connectivity index is 0.911. The summed E-state index contributed by atoms with van der Waals surface area (Å²) in [5, 5.41) is 7.46. The third-order valence-electron chi connectivity index (χ3n) is 14.0. The zero-order valence-electron chi connectivity index (χ0n) is 37.9. The van der Waals surface area contributed by atoms with E-state index in [1.165, 1.54) is 121 Å². The van der Waals surface area contributed by atoms with Gasteiger partial charge in [0.05, 0.1) is 11.0 Å². The highest BCUT2D eigenvalue weighted by Crippen LogP contribution is 2.46. The summed E-state index contributed by atoms with van der Waals surface area (Å²) in [5.74, 6) is 0. The Labute approximate surface area is 402 Å². The lowest BCUT2D eigenvalue weighted by Gasteiger charge is -2.20. The first-order valence-corrected chi connectivity index (χ1v) is 23.8. The molecule has 0 saturated heterocycles. The maximum atomic E-state index is 2.41. The fourth-order valence-electron chi connectivity index (χ4n) is 10.6. The van der Waals surface area contributed by atoms with Crippen molar-refractivity contribution in [1.29, 1.82) is 0 Å². The first-order valence-electron chi connectivity index (χ1n) is 23.8. The number of hydrogen-bond donors (Lipinski definition) is 0. The molecule has 0 aliphatic heterocycles. The molecule has 0 N–H and O–H groups in total. The molecule has 13 rings (SSSR count). The third-order valence-corrected chi connectivity index (χ3v) is 14.0. The van der Waals surface area contributed by atoms with Crippen LogP contribution in [-0.2, 0) is 0 Å². The van der Waals surface area contributed by atoms with E-state index in [2.05, 4.69) is 278 Å². The summed E-state index contributed by atoms with van der Waals surface area (Å²) in [5.41, 5.74) is 20.5. The molecule has 0 atom stereocenters. The molecule has 0 unspecified atom stereocenters. The van der Waals surface area contributed by atoms with Gasteiger partial charge in [0.1, 0.15) is 0 Å². The lowest BCUT2D eigenvalue weighted by molar-refractivity contribution is 1.18. The fraction of sp³-hybridized carbons (Fsp3) is 0. The summed E-state index contributed by atoms with van der Waals surface area (Å²) in [6.45, 7) is 0. The van der Waals surface area contributed by atoms with E-state index < -0.39 is 0 Å². The van der Waals surface area contributed by atoms with Gasteiger partial charge in [0, 0.05) is 16.5 Å². The van der Waals surface area contributed by atoms with Crippen molar-refractivity contribution >= 4 is 43.4 Å². The van der Waals surface area contributed by atoms with E-state index in [0.717, 1.165) is 5.69 Å². The predicted octanol–water partition coefficient (Wildman–Crippen LogP) is 18.8. The third kappa shape index (κ3) is 7.20. The molecule has 0 aliphatic carbocycles. The summed E-state index contributed by atoms with van der Waals surface area (Å²) < 4.78 is 2.39. The van der Waals surface area contributed by atoms with Gasteiger partial charge in [-0.05, 0) is 148 Å². The molecule has 0 aliphatic rings. The van der Waals surface area contributed by atoms with Crippen LogP contribution in [-0.4, -0.2) is 4.57 Å². The molecule has 1 heteroatoms. The van der Waals surface area contributed by atoms with Gasteiger partial charge in [0.15, 0.2) is 0 Å². The second-order valence-electron chi connectivity index (χ2n) is 18.0. The van der Waals surface area contributed by atoms with Gasteiger partial charge in [-0.2, -0.15) is 0 Å². The summed E-state index contributed by atoms with van der Waals surface area (Å²) >= 11 is 0. The van der Waals surface area contributed by atoms with E-state index in [0.29, 0.717) is 0 Å². The molecule has 0 spiro atoms. The highest BCUT2D eigenvalue weighted by Gasteiger charge is 2.20. The van der Waals surface area contributed by atoms with Crippen LogP contribution in [0.5, 0.6) is 0 Å². The molecule has 1 nitrogen and oxygen atoms in total. The van der Waals surface area contributed by atoms with Crippen molar-refractivity contribution in [3.05, 3.63) is 273 Å². The first kappa shape index (κ1) is 40.3. The van der Waals surface area contributed by atoms with Crippen LogP contribution in [0.2, 0.25) is 0 Å². The molecular weight excluding hydrogens is 831 g/mol. The van der Waals surface area contributed by atoms with Crippen molar-refractivity contribution in [1.82, 2.24) is 4.57 Å². The molecule has 0 fully saturated rings. The van der Waals surface area contributed by atoms with Gasteiger partial charge in [0.25, 0.3) is 0 Å². The summed E-state index contributed by atoms with van der Waals surface area (Å²) in [6, 6.07) is 100.0. The molecular formula is C68H45N. The predicted molar refractivity (Wildman–Crippen MR) is 294 cm³/mol. The minimum absolute atomic E-state index is 1.16. The monoisotopic (exact) mass is 875 g/mol. The fourth-order valence-corrected chi connectivity index (χ4v) is 10.6.